The average Bonchev–Trinajstić information content (AvgIpc) is 2.79. The molecule has 0 saturated heterocycles. The maximum Gasteiger partial charge on any atom is 0.263 e. The minimum Gasteiger partial charge on any atom is -0.496 e. The molecule has 6 nitrogen and oxygen atoms in total. The standard InChI is InChI=1S/C23H26FNO5/c1-15(30-18-7-5-17(24)6-8-18)23(26)25-11-9-16(10-12-25)22-20(28-3)13-19(27-2)14-21(22)29-4/h5-9,13-15H,10-12H2,1-4H3/t15-/m1/s1. The maximum atomic E-state index is 13.0. The summed E-state index contributed by atoms with van der Waals surface area (Å²) in [7, 11) is 4.79. The molecule has 1 heterocycles. The highest BCUT2D eigenvalue weighted by atomic mass is 19.1. The molecule has 3 rings (SSSR count). The number of hydrogen-bond donors (Lipinski definition) is 0. The molecule has 0 radical (unpaired) electrons. The van der Waals surface area contributed by atoms with Gasteiger partial charge in [0.1, 0.15) is 28.8 Å². The Morgan fingerprint density at radius 3 is 2.13 bits per heavy atom. The molecule has 0 aromatic heterocycles. The number of carbonyl (C=O) groups is 1. The zero-order valence-electron chi connectivity index (χ0n) is 17.6. The van der Waals surface area contributed by atoms with Crippen molar-refractivity contribution < 1.29 is 28.1 Å². The van der Waals surface area contributed by atoms with Crippen LogP contribution in [0.4, 0.5) is 4.39 Å². The van der Waals surface area contributed by atoms with Gasteiger partial charge in [0, 0.05) is 25.2 Å². The summed E-state index contributed by atoms with van der Waals surface area (Å²) in [6.07, 6.45) is 1.97. The summed E-state index contributed by atoms with van der Waals surface area (Å²) >= 11 is 0. The maximum absolute atomic E-state index is 13.0. The number of methoxy groups -OCH3 is 3. The Morgan fingerprint density at radius 2 is 1.63 bits per heavy atom. The second kappa shape index (κ2) is 9.52. The molecule has 1 aliphatic heterocycles. The van der Waals surface area contributed by atoms with Crippen LogP contribution in [0.15, 0.2) is 42.5 Å². The highest BCUT2D eigenvalue weighted by Crippen LogP contribution is 2.40. The van der Waals surface area contributed by atoms with Crippen LogP contribution < -0.4 is 18.9 Å². The molecule has 0 spiro atoms. The van der Waals surface area contributed by atoms with E-state index in [-0.39, 0.29) is 11.7 Å². The van der Waals surface area contributed by atoms with Gasteiger partial charge in [0.2, 0.25) is 0 Å². The van der Waals surface area contributed by atoms with E-state index in [1.54, 1.807) is 33.2 Å². The van der Waals surface area contributed by atoms with Gasteiger partial charge in [-0.05, 0) is 43.2 Å². The van der Waals surface area contributed by atoms with Gasteiger partial charge in [0.05, 0.1) is 26.9 Å². The van der Waals surface area contributed by atoms with E-state index in [0.717, 1.165) is 11.1 Å². The smallest absolute Gasteiger partial charge is 0.263 e. The van der Waals surface area contributed by atoms with Gasteiger partial charge in [0.15, 0.2) is 6.10 Å². The van der Waals surface area contributed by atoms with Crippen LogP contribution >= 0.6 is 0 Å². The molecule has 0 N–H and O–H groups in total. The highest BCUT2D eigenvalue weighted by molar-refractivity contribution is 5.83. The Labute approximate surface area is 175 Å². The topological polar surface area (TPSA) is 57.2 Å². The van der Waals surface area contributed by atoms with Gasteiger partial charge in [-0.1, -0.05) is 6.08 Å². The van der Waals surface area contributed by atoms with E-state index in [1.807, 2.05) is 18.2 Å². The SMILES string of the molecule is COc1cc(OC)c(C2=CCN(C(=O)[C@@H](C)Oc3ccc(F)cc3)CC2)c(OC)c1. The second-order valence-corrected chi connectivity index (χ2v) is 6.88. The van der Waals surface area contributed by atoms with Gasteiger partial charge in [-0.15, -0.1) is 0 Å². The Bertz CT molecular complexity index is 901. The number of benzene rings is 2. The zero-order chi connectivity index (χ0) is 21.7. The summed E-state index contributed by atoms with van der Waals surface area (Å²) < 4.78 is 35.1. The fraction of sp³-hybridized carbons (Fsp3) is 0.348. The summed E-state index contributed by atoms with van der Waals surface area (Å²) in [4.78, 5) is 14.5. The van der Waals surface area contributed by atoms with Crippen molar-refractivity contribution in [2.45, 2.75) is 19.4 Å². The van der Waals surface area contributed by atoms with Crippen molar-refractivity contribution in [2.75, 3.05) is 34.4 Å². The number of carbonyl (C=O) groups excluding carboxylic acids is 1. The quantitative estimate of drug-likeness (QED) is 0.686. The Morgan fingerprint density at radius 1 is 1.00 bits per heavy atom. The molecule has 0 unspecified atom stereocenters. The first kappa shape index (κ1) is 21.5. The summed E-state index contributed by atoms with van der Waals surface area (Å²) in [6.45, 7) is 2.68. The molecule has 2 aromatic rings. The Kier molecular flexibility index (Phi) is 6.82. The molecule has 1 amide bonds. The number of amides is 1. The highest BCUT2D eigenvalue weighted by Gasteiger charge is 2.26. The van der Waals surface area contributed by atoms with E-state index < -0.39 is 6.10 Å². The minimum absolute atomic E-state index is 0.122. The van der Waals surface area contributed by atoms with Crippen molar-refractivity contribution >= 4 is 11.5 Å². The molecule has 0 bridgehead atoms. The van der Waals surface area contributed by atoms with Crippen LogP contribution in [0.3, 0.4) is 0 Å². The second-order valence-electron chi connectivity index (χ2n) is 6.88. The van der Waals surface area contributed by atoms with E-state index in [0.29, 0.717) is 42.5 Å². The van der Waals surface area contributed by atoms with Gasteiger partial charge in [-0.25, -0.2) is 4.39 Å². The molecule has 160 valence electrons. The lowest BCUT2D eigenvalue weighted by Crippen LogP contribution is -2.42. The van der Waals surface area contributed by atoms with Crippen molar-refractivity contribution in [2.24, 2.45) is 0 Å². The summed E-state index contributed by atoms with van der Waals surface area (Å²) in [5, 5.41) is 0. The molecule has 1 atom stereocenters. The monoisotopic (exact) mass is 415 g/mol. The molecule has 7 heteroatoms. The molecule has 30 heavy (non-hydrogen) atoms. The van der Waals surface area contributed by atoms with E-state index >= 15 is 0 Å². The van der Waals surface area contributed by atoms with Crippen LogP contribution in [0.25, 0.3) is 5.57 Å². The van der Waals surface area contributed by atoms with E-state index in [4.69, 9.17) is 18.9 Å². The third-order valence-electron chi connectivity index (χ3n) is 5.03. The van der Waals surface area contributed by atoms with Gasteiger partial charge in [0.25, 0.3) is 5.91 Å². The molecular formula is C23H26FNO5. The third kappa shape index (κ3) is 4.67. The molecule has 1 aliphatic rings. The van der Waals surface area contributed by atoms with Crippen LogP contribution in [-0.2, 0) is 4.79 Å². The van der Waals surface area contributed by atoms with Crippen molar-refractivity contribution in [3.8, 4) is 23.0 Å². The molecule has 0 fully saturated rings. The lowest BCUT2D eigenvalue weighted by atomic mass is 9.97. The van der Waals surface area contributed by atoms with Crippen molar-refractivity contribution in [1.82, 2.24) is 4.90 Å². The molecule has 0 saturated carbocycles. The zero-order valence-corrected chi connectivity index (χ0v) is 17.6. The van der Waals surface area contributed by atoms with Gasteiger partial charge in [-0.2, -0.15) is 0 Å². The average molecular weight is 415 g/mol. The van der Waals surface area contributed by atoms with Gasteiger partial charge in [-0.3, -0.25) is 4.79 Å². The van der Waals surface area contributed by atoms with Crippen LogP contribution in [0, 0.1) is 5.82 Å². The van der Waals surface area contributed by atoms with E-state index in [1.165, 1.54) is 24.3 Å². The van der Waals surface area contributed by atoms with Crippen LogP contribution in [0.5, 0.6) is 23.0 Å². The number of halogens is 1. The normalized spacial score (nSPS) is 14.6. The van der Waals surface area contributed by atoms with E-state index in [9.17, 15) is 9.18 Å². The van der Waals surface area contributed by atoms with Crippen LogP contribution in [-0.4, -0.2) is 51.3 Å². The molecule has 0 aliphatic carbocycles. The largest absolute Gasteiger partial charge is 0.496 e. The summed E-state index contributed by atoms with van der Waals surface area (Å²) in [6, 6.07) is 9.25. The van der Waals surface area contributed by atoms with Gasteiger partial charge >= 0.3 is 0 Å². The van der Waals surface area contributed by atoms with Gasteiger partial charge < -0.3 is 23.8 Å². The van der Waals surface area contributed by atoms with E-state index in [2.05, 4.69) is 0 Å². The Hall–Kier alpha value is -3.22. The Balaban J connectivity index is 1.73. The fourth-order valence-electron chi connectivity index (χ4n) is 3.44. The first-order valence-electron chi connectivity index (χ1n) is 9.67. The lowest BCUT2D eigenvalue weighted by molar-refractivity contribution is -0.137. The molecular weight excluding hydrogens is 389 g/mol. The van der Waals surface area contributed by atoms with Crippen molar-refractivity contribution in [3.63, 3.8) is 0 Å². The summed E-state index contributed by atoms with van der Waals surface area (Å²) in [5.41, 5.74) is 1.91. The predicted molar refractivity (Wildman–Crippen MR) is 112 cm³/mol. The van der Waals surface area contributed by atoms with Crippen LogP contribution in [0.2, 0.25) is 0 Å². The van der Waals surface area contributed by atoms with Crippen molar-refractivity contribution in [1.29, 1.82) is 0 Å². The fourth-order valence-corrected chi connectivity index (χ4v) is 3.44. The van der Waals surface area contributed by atoms with Crippen LogP contribution in [0.1, 0.15) is 18.9 Å². The summed E-state index contributed by atoms with van der Waals surface area (Å²) in [5.74, 6) is 1.95. The predicted octanol–water partition coefficient (Wildman–Crippen LogP) is 3.93. The minimum atomic E-state index is -0.671. The molecule has 2 aromatic carbocycles. The first-order chi connectivity index (χ1) is 14.5. The third-order valence-corrected chi connectivity index (χ3v) is 5.03. The number of rotatable bonds is 7. The number of ether oxygens (including phenoxy) is 4. The number of nitrogens with zero attached hydrogens (tertiary/aromatic N) is 1. The van der Waals surface area contributed by atoms with Crippen molar-refractivity contribution in [3.05, 3.63) is 53.9 Å². The first-order valence-corrected chi connectivity index (χ1v) is 9.67. The number of hydrogen-bond acceptors (Lipinski definition) is 5. The lowest BCUT2D eigenvalue weighted by Gasteiger charge is -2.30.